The van der Waals surface area contributed by atoms with Crippen molar-refractivity contribution in [2.24, 2.45) is 0 Å². The van der Waals surface area contributed by atoms with Gasteiger partial charge in [-0.15, -0.1) is 0 Å². The summed E-state index contributed by atoms with van der Waals surface area (Å²) in [5, 5.41) is 3.80. The maximum Gasteiger partial charge on any atom is 0.410 e. The number of nitrogens with one attached hydrogen (secondary N) is 1. The molecule has 0 bridgehead atoms. The molecule has 134 valence electrons. The second-order valence-corrected chi connectivity index (χ2v) is 8.25. The molecule has 2 saturated heterocycles. The number of rotatable bonds is 3. The largest absolute Gasteiger partial charge is 0.444 e. The van der Waals surface area contributed by atoms with Crippen LogP contribution >= 0.6 is 0 Å². The molecule has 2 heterocycles. The summed E-state index contributed by atoms with van der Waals surface area (Å²) in [5.41, 5.74) is -0.397. The summed E-state index contributed by atoms with van der Waals surface area (Å²) in [7, 11) is 0. The predicted molar refractivity (Wildman–Crippen MR) is 91.6 cm³/mol. The molecule has 2 unspecified atom stereocenters. The first-order valence-electron chi connectivity index (χ1n) is 9.09. The van der Waals surface area contributed by atoms with E-state index >= 15 is 0 Å². The molecule has 2 aliphatic heterocycles. The number of likely N-dealkylation sites (tertiary alicyclic amines) is 1. The van der Waals surface area contributed by atoms with Gasteiger partial charge in [0.25, 0.3) is 0 Å². The molecular weight excluding hydrogens is 292 g/mol. The fourth-order valence-electron chi connectivity index (χ4n) is 3.41. The highest BCUT2D eigenvalue weighted by Crippen LogP contribution is 2.28. The van der Waals surface area contributed by atoms with Crippen molar-refractivity contribution in [2.75, 3.05) is 19.7 Å². The molecule has 5 heteroatoms. The Hall–Kier alpha value is -0.810. The molecule has 2 fully saturated rings. The van der Waals surface area contributed by atoms with E-state index in [2.05, 4.69) is 19.2 Å². The number of amides is 1. The van der Waals surface area contributed by atoms with Crippen molar-refractivity contribution in [3.8, 4) is 0 Å². The van der Waals surface area contributed by atoms with Gasteiger partial charge in [0.15, 0.2) is 0 Å². The van der Waals surface area contributed by atoms with Crippen LogP contribution in [0.15, 0.2) is 0 Å². The molecule has 0 saturated carbocycles. The molecule has 23 heavy (non-hydrogen) atoms. The third-order valence-corrected chi connectivity index (χ3v) is 4.96. The number of nitrogens with zero attached hydrogens (tertiary/aromatic N) is 1. The average Bonchev–Trinajstić information content (AvgIpc) is 2.46. The fraction of sp³-hybridized carbons (Fsp3) is 0.944. The lowest BCUT2D eigenvalue weighted by Crippen LogP contribution is -2.52. The summed E-state index contributed by atoms with van der Waals surface area (Å²) >= 11 is 0. The van der Waals surface area contributed by atoms with Gasteiger partial charge in [-0.05, 0) is 59.8 Å². The third-order valence-electron chi connectivity index (χ3n) is 4.96. The van der Waals surface area contributed by atoms with Gasteiger partial charge in [-0.25, -0.2) is 4.79 Å². The van der Waals surface area contributed by atoms with Crippen molar-refractivity contribution < 1.29 is 14.3 Å². The minimum atomic E-state index is -0.418. The maximum atomic E-state index is 12.1. The first-order valence-corrected chi connectivity index (χ1v) is 9.09. The Balaban J connectivity index is 1.75. The highest BCUT2D eigenvalue weighted by Gasteiger charge is 2.33. The van der Waals surface area contributed by atoms with E-state index in [1.54, 1.807) is 0 Å². The average molecular weight is 326 g/mol. The third kappa shape index (κ3) is 5.64. The Morgan fingerprint density at radius 2 is 1.91 bits per heavy atom. The van der Waals surface area contributed by atoms with Crippen LogP contribution in [-0.2, 0) is 9.47 Å². The molecule has 1 N–H and O–H groups in total. The summed E-state index contributed by atoms with van der Waals surface area (Å²) in [5.74, 6) is 0. The zero-order valence-corrected chi connectivity index (χ0v) is 15.5. The summed E-state index contributed by atoms with van der Waals surface area (Å²) in [4.78, 5) is 13.9. The van der Waals surface area contributed by atoms with Crippen molar-refractivity contribution in [3.05, 3.63) is 0 Å². The van der Waals surface area contributed by atoms with Gasteiger partial charge >= 0.3 is 6.09 Å². The van der Waals surface area contributed by atoms with Crippen molar-refractivity contribution >= 4 is 6.09 Å². The monoisotopic (exact) mass is 326 g/mol. The lowest BCUT2D eigenvalue weighted by molar-refractivity contribution is -0.0797. The van der Waals surface area contributed by atoms with E-state index in [0.717, 1.165) is 51.8 Å². The molecule has 0 aromatic heterocycles. The Morgan fingerprint density at radius 1 is 1.26 bits per heavy atom. The Morgan fingerprint density at radius 3 is 2.48 bits per heavy atom. The zero-order chi connectivity index (χ0) is 17.1. The van der Waals surface area contributed by atoms with E-state index in [-0.39, 0.29) is 11.7 Å². The van der Waals surface area contributed by atoms with E-state index < -0.39 is 5.60 Å². The maximum absolute atomic E-state index is 12.1. The molecular formula is C18H34N2O3. The minimum absolute atomic E-state index is 0.0210. The van der Waals surface area contributed by atoms with Crippen LogP contribution in [0.4, 0.5) is 4.79 Å². The molecule has 0 radical (unpaired) electrons. The van der Waals surface area contributed by atoms with Crippen LogP contribution < -0.4 is 5.32 Å². The molecule has 2 rings (SSSR count). The Kier molecular flexibility index (Phi) is 5.95. The number of hydrogen-bond acceptors (Lipinski definition) is 4. The van der Waals surface area contributed by atoms with Crippen LogP contribution in [0.2, 0.25) is 0 Å². The van der Waals surface area contributed by atoms with Crippen molar-refractivity contribution in [1.82, 2.24) is 10.2 Å². The quantitative estimate of drug-likeness (QED) is 0.864. The van der Waals surface area contributed by atoms with E-state index in [0.29, 0.717) is 12.1 Å². The number of hydrogen-bond donors (Lipinski definition) is 1. The first-order chi connectivity index (χ1) is 10.7. The molecule has 1 amide bonds. The highest BCUT2D eigenvalue weighted by molar-refractivity contribution is 5.68. The molecule has 0 spiro atoms. The molecule has 2 aliphatic rings. The van der Waals surface area contributed by atoms with E-state index in [9.17, 15) is 4.79 Å². The SMILES string of the molecule is CCC1(C)CC(NC2CCN(C(=O)OC(C)(C)C)CC2)CCO1. The number of carbonyl (C=O) groups is 1. The number of ether oxygens (including phenoxy) is 2. The fourth-order valence-corrected chi connectivity index (χ4v) is 3.41. The standard InChI is InChI=1S/C18H34N2O3/c1-6-18(5)13-15(9-12-22-18)19-14-7-10-20(11-8-14)16(21)23-17(2,3)4/h14-15,19H,6-13H2,1-5H3. The lowest BCUT2D eigenvalue weighted by Gasteiger charge is -2.41. The summed E-state index contributed by atoms with van der Waals surface area (Å²) in [6.45, 7) is 12.5. The molecule has 2 atom stereocenters. The van der Waals surface area contributed by atoms with Crippen molar-refractivity contribution in [1.29, 1.82) is 0 Å². The molecule has 0 aromatic rings. The molecule has 5 nitrogen and oxygen atoms in total. The smallest absolute Gasteiger partial charge is 0.410 e. The van der Waals surface area contributed by atoms with Gasteiger partial charge in [0.2, 0.25) is 0 Å². The summed E-state index contributed by atoms with van der Waals surface area (Å²) < 4.78 is 11.4. The van der Waals surface area contributed by atoms with Crippen LogP contribution in [0.1, 0.15) is 66.7 Å². The van der Waals surface area contributed by atoms with Crippen LogP contribution in [0.3, 0.4) is 0 Å². The topological polar surface area (TPSA) is 50.8 Å². The van der Waals surface area contributed by atoms with Gasteiger partial charge < -0.3 is 19.7 Å². The number of piperidine rings is 1. The van der Waals surface area contributed by atoms with Gasteiger partial charge in [-0.1, -0.05) is 6.92 Å². The first kappa shape index (κ1) is 18.5. The second-order valence-electron chi connectivity index (χ2n) is 8.25. The summed E-state index contributed by atoms with van der Waals surface area (Å²) in [6, 6.07) is 1.03. The summed E-state index contributed by atoms with van der Waals surface area (Å²) in [6.07, 6.45) is 5.04. The van der Waals surface area contributed by atoms with Crippen LogP contribution in [0, 0.1) is 0 Å². The lowest BCUT2D eigenvalue weighted by atomic mass is 9.89. The Labute approximate surface area is 141 Å². The van der Waals surface area contributed by atoms with Crippen molar-refractivity contribution in [3.63, 3.8) is 0 Å². The molecule has 0 aliphatic carbocycles. The van der Waals surface area contributed by atoms with E-state index in [1.165, 1.54) is 0 Å². The van der Waals surface area contributed by atoms with Gasteiger partial charge in [0.05, 0.1) is 5.60 Å². The Bertz CT molecular complexity index is 400. The number of carbonyl (C=O) groups excluding carboxylic acids is 1. The normalized spacial score (nSPS) is 30.3. The zero-order valence-electron chi connectivity index (χ0n) is 15.5. The van der Waals surface area contributed by atoms with Crippen LogP contribution in [0.25, 0.3) is 0 Å². The van der Waals surface area contributed by atoms with E-state index in [4.69, 9.17) is 9.47 Å². The van der Waals surface area contributed by atoms with E-state index in [1.807, 2.05) is 25.7 Å². The van der Waals surface area contributed by atoms with Crippen molar-refractivity contribution in [2.45, 2.75) is 90.0 Å². The van der Waals surface area contributed by atoms with Gasteiger partial charge in [-0.3, -0.25) is 0 Å². The van der Waals surface area contributed by atoms with Gasteiger partial charge in [0.1, 0.15) is 5.60 Å². The van der Waals surface area contributed by atoms with Gasteiger partial charge in [-0.2, -0.15) is 0 Å². The van der Waals surface area contributed by atoms with Crippen LogP contribution in [-0.4, -0.2) is 54.0 Å². The molecule has 0 aromatic carbocycles. The van der Waals surface area contributed by atoms with Gasteiger partial charge in [0, 0.05) is 31.8 Å². The van der Waals surface area contributed by atoms with Crippen LogP contribution in [0.5, 0.6) is 0 Å². The second kappa shape index (κ2) is 7.39. The predicted octanol–water partition coefficient (Wildman–Crippen LogP) is 3.32. The highest BCUT2D eigenvalue weighted by atomic mass is 16.6. The minimum Gasteiger partial charge on any atom is -0.444 e.